The van der Waals surface area contributed by atoms with Crippen LogP contribution in [0.3, 0.4) is 0 Å². The Bertz CT molecular complexity index is 978. The maximum Gasteiger partial charge on any atom is 0.214 e. The number of rotatable bonds is 5. The molecule has 30 heavy (non-hydrogen) atoms. The van der Waals surface area contributed by atoms with Crippen molar-refractivity contribution in [1.29, 1.82) is 0 Å². The van der Waals surface area contributed by atoms with E-state index in [0.29, 0.717) is 18.4 Å². The van der Waals surface area contributed by atoms with Crippen LogP contribution in [-0.4, -0.2) is 45.8 Å². The zero-order valence-corrected chi connectivity index (χ0v) is 20.0. The van der Waals surface area contributed by atoms with Crippen LogP contribution in [0.2, 0.25) is 0 Å². The molecule has 1 saturated heterocycles. The Kier molecular flexibility index (Phi) is 7.52. The Morgan fingerprint density at radius 1 is 1.27 bits per heavy atom. The number of oxazole rings is 1. The molecule has 0 bridgehead atoms. The normalized spacial score (nSPS) is 16.6. The van der Waals surface area contributed by atoms with Gasteiger partial charge in [0.2, 0.25) is 5.89 Å². The van der Waals surface area contributed by atoms with Crippen LogP contribution in [0.4, 0.5) is 0 Å². The lowest BCUT2D eigenvalue weighted by molar-refractivity contribution is 0.447. The van der Waals surface area contributed by atoms with Gasteiger partial charge in [0.1, 0.15) is 0 Å². The second-order valence-electron chi connectivity index (χ2n) is 7.71. The van der Waals surface area contributed by atoms with Gasteiger partial charge in [-0.15, -0.1) is 24.0 Å². The van der Waals surface area contributed by atoms with Crippen molar-refractivity contribution < 1.29 is 4.42 Å². The van der Waals surface area contributed by atoms with Crippen LogP contribution in [0.15, 0.2) is 52.3 Å². The van der Waals surface area contributed by atoms with Crippen LogP contribution in [-0.2, 0) is 20.0 Å². The molecule has 8 heteroatoms. The number of guanidine groups is 1. The molecule has 1 unspecified atom stereocenters. The number of halogens is 1. The smallest absolute Gasteiger partial charge is 0.214 e. The molecule has 3 aromatic rings. The Balaban J connectivity index is 0.00000256. The average molecular weight is 520 g/mol. The molecule has 1 aliphatic rings. The number of nitrogens with one attached hydrogen (secondary N) is 1. The van der Waals surface area contributed by atoms with E-state index in [1.165, 1.54) is 11.1 Å². The van der Waals surface area contributed by atoms with Gasteiger partial charge in [0.05, 0.1) is 18.9 Å². The van der Waals surface area contributed by atoms with Crippen LogP contribution in [0, 0.1) is 12.8 Å². The highest BCUT2D eigenvalue weighted by atomic mass is 127. The zero-order chi connectivity index (χ0) is 20.2. The molecule has 3 heterocycles. The molecule has 1 aromatic carbocycles. The van der Waals surface area contributed by atoms with Gasteiger partial charge in [-0.05, 0) is 31.2 Å². The van der Waals surface area contributed by atoms with E-state index in [2.05, 4.69) is 62.7 Å². The Hall–Kier alpha value is -2.36. The number of likely N-dealkylation sites (tertiary alicyclic amines) is 1. The third kappa shape index (κ3) is 5.41. The zero-order valence-electron chi connectivity index (χ0n) is 17.7. The minimum absolute atomic E-state index is 0. The first-order valence-corrected chi connectivity index (χ1v) is 10.1. The molecule has 160 valence electrons. The first-order chi connectivity index (χ1) is 14.1. The molecular formula is C22H29IN6O. The monoisotopic (exact) mass is 520 g/mol. The number of nitrogens with zero attached hydrogens (tertiary/aromatic N) is 5. The van der Waals surface area contributed by atoms with Crippen LogP contribution < -0.4 is 5.32 Å². The summed E-state index contributed by atoms with van der Waals surface area (Å²) < 4.78 is 7.78. The Morgan fingerprint density at radius 3 is 2.77 bits per heavy atom. The van der Waals surface area contributed by atoms with Crippen LogP contribution in [0.25, 0.3) is 11.3 Å². The van der Waals surface area contributed by atoms with Gasteiger partial charge in [-0.2, -0.15) is 5.10 Å². The van der Waals surface area contributed by atoms with Gasteiger partial charge in [0, 0.05) is 38.9 Å². The SMILES string of the molecule is CN=C(NCc1ncc(-c2ccc(C)cc2)o1)N1CCC(Cc2cnn(C)c2)C1.I. The Morgan fingerprint density at radius 2 is 2.07 bits per heavy atom. The predicted octanol–water partition coefficient (Wildman–Crippen LogP) is 3.64. The van der Waals surface area contributed by atoms with Gasteiger partial charge in [-0.25, -0.2) is 4.98 Å². The molecule has 1 atom stereocenters. The Labute approximate surface area is 194 Å². The van der Waals surface area contributed by atoms with Crippen molar-refractivity contribution in [2.75, 3.05) is 20.1 Å². The summed E-state index contributed by atoms with van der Waals surface area (Å²) in [5, 5.41) is 7.66. The lowest BCUT2D eigenvalue weighted by Gasteiger charge is -2.21. The minimum atomic E-state index is 0. The molecule has 1 fully saturated rings. The van der Waals surface area contributed by atoms with Gasteiger partial charge in [0.15, 0.2) is 11.7 Å². The highest BCUT2D eigenvalue weighted by molar-refractivity contribution is 14.0. The van der Waals surface area contributed by atoms with Crippen molar-refractivity contribution in [3.05, 3.63) is 59.9 Å². The summed E-state index contributed by atoms with van der Waals surface area (Å²) in [5.74, 6) is 2.96. The lowest BCUT2D eigenvalue weighted by Crippen LogP contribution is -2.39. The van der Waals surface area contributed by atoms with Crippen molar-refractivity contribution in [2.24, 2.45) is 18.0 Å². The van der Waals surface area contributed by atoms with Crippen LogP contribution in [0.1, 0.15) is 23.4 Å². The van der Waals surface area contributed by atoms with E-state index in [1.807, 2.05) is 25.0 Å². The first-order valence-electron chi connectivity index (χ1n) is 10.1. The van der Waals surface area contributed by atoms with E-state index in [0.717, 1.165) is 43.2 Å². The van der Waals surface area contributed by atoms with E-state index in [9.17, 15) is 0 Å². The van der Waals surface area contributed by atoms with Crippen molar-refractivity contribution in [2.45, 2.75) is 26.3 Å². The number of aliphatic imine (C=N–C) groups is 1. The third-order valence-corrected chi connectivity index (χ3v) is 5.37. The fourth-order valence-electron chi connectivity index (χ4n) is 3.83. The van der Waals surface area contributed by atoms with Crippen molar-refractivity contribution in [1.82, 2.24) is 25.0 Å². The van der Waals surface area contributed by atoms with Crippen molar-refractivity contribution >= 4 is 29.9 Å². The van der Waals surface area contributed by atoms with E-state index < -0.39 is 0 Å². The molecular weight excluding hydrogens is 491 g/mol. The van der Waals surface area contributed by atoms with Crippen LogP contribution in [0.5, 0.6) is 0 Å². The summed E-state index contributed by atoms with van der Waals surface area (Å²) in [6, 6.07) is 8.26. The average Bonchev–Trinajstić information content (AvgIpc) is 3.46. The maximum absolute atomic E-state index is 5.91. The fourth-order valence-corrected chi connectivity index (χ4v) is 3.83. The van der Waals surface area contributed by atoms with Gasteiger partial charge in [-0.1, -0.05) is 29.8 Å². The molecule has 0 spiro atoms. The van der Waals surface area contributed by atoms with Gasteiger partial charge >= 0.3 is 0 Å². The van der Waals surface area contributed by atoms with E-state index >= 15 is 0 Å². The first kappa shape index (κ1) is 22.3. The topological polar surface area (TPSA) is 71.5 Å². The standard InChI is InChI=1S/C22H28N6O.HI/c1-16-4-6-19(7-5-16)20-12-24-21(29-20)13-25-22(23-2)28-9-8-17(15-28)10-18-11-26-27(3)14-18;/h4-7,11-12,14,17H,8-10,13,15H2,1-3H3,(H,23,25);1H. The number of benzene rings is 1. The van der Waals surface area contributed by atoms with Crippen molar-refractivity contribution in [3.63, 3.8) is 0 Å². The lowest BCUT2D eigenvalue weighted by atomic mass is 10.0. The summed E-state index contributed by atoms with van der Waals surface area (Å²) in [7, 11) is 3.78. The summed E-state index contributed by atoms with van der Waals surface area (Å²) in [5.41, 5.74) is 3.56. The maximum atomic E-state index is 5.91. The van der Waals surface area contributed by atoms with Gasteiger partial charge in [0.25, 0.3) is 0 Å². The molecule has 0 aliphatic carbocycles. The minimum Gasteiger partial charge on any atom is -0.439 e. The number of hydrogen-bond donors (Lipinski definition) is 1. The molecule has 0 saturated carbocycles. The summed E-state index contributed by atoms with van der Waals surface area (Å²) in [6.45, 7) is 4.59. The molecule has 2 aromatic heterocycles. The quantitative estimate of drug-likeness (QED) is 0.316. The van der Waals surface area contributed by atoms with Crippen molar-refractivity contribution in [3.8, 4) is 11.3 Å². The number of aryl methyl sites for hydroxylation is 2. The van der Waals surface area contributed by atoms with E-state index in [1.54, 1.807) is 6.20 Å². The molecule has 1 N–H and O–H groups in total. The summed E-state index contributed by atoms with van der Waals surface area (Å²) in [6.07, 6.45) is 8.06. The number of aromatic nitrogens is 3. The second kappa shape index (κ2) is 10.1. The number of hydrogen-bond acceptors (Lipinski definition) is 4. The fraction of sp³-hybridized carbons (Fsp3) is 0.409. The van der Waals surface area contributed by atoms with E-state index in [-0.39, 0.29) is 24.0 Å². The van der Waals surface area contributed by atoms with Gasteiger partial charge in [-0.3, -0.25) is 9.67 Å². The highest BCUT2D eigenvalue weighted by Gasteiger charge is 2.25. The van der Waals surface area contributed by atoms with Crippen LogP contribution >= 0.6 is 24.0 Å². The molecule has 0 radical (unpaired) electrons. The molecule has 7 nitrogen and oxygen atoms in total. The van der Waals surface area contributed by atoms with Gasteiger partial charge < -0.3 is 14.6 Å². The summed E-state index contributed by atoms with van der Waals surface area (Å²) in [4.78, 5) is 11.2. The highest BCUT2D eigenvalue weighted by Crippen LogP contribution is 2.22. The molecule has 4 rings (SSSR count). The molecule has 1 aliphatic heterocycles. The third-order valence-electron chi connectivity index (χ3n) is 5.37. The predicted molar refractivity (Wildman–Crippen MR) is 129 cm³/mol. The van der Waals surface area contributed by atoms with E-state index in [4.69, 9.17) is 4.42 Å². The molecule has 0 amide bonds. The largest absolute Gasteiger partial charge is 0.439 e. The second-order valence-corrected chi connectivity index (χ2v) is 7.71. The summed E-state index contributed by atoms with van der Waals surface area (Å²) >= 11 is 0.